The second kappa shape index (κ2) is 11.5. The number of halogens is 1. The van der Waals surface area contributed by atoms with Gasteiger partial charge in [-0.15, -0.1) is 24.0 Å². The Kier molecular flexibility index (Phi) is 10.1. The molecule has 0 saturated carbocycles. The van der Waals surface area contributed by atoms with Gasteiger partial charge in [-0.3, -0.25) is 4.99 Å². The molecule has 0 spiro atoms. The number of hydrogen-bond donors (Lipinski definition) is 2. The van der Waals surface area contributed by atoms with Gasteiger partial charge in [0.25, 0.3) is 0 Å². The number of ether oxygens (including phenoxy) is 3. The number of nitrogens with two attached hydrogens (primary N) is 1. The number of benzene rings is 1. The minimum atomic E-state index is -0.0312. The third kappa shape index (κ3) is 6.63. The lowest BCUT2D eigenvalue weighted by Gasteiger charge is -2.36. The molecule has 0 unspecified atom stereocenters. The molecule has 1 heterocycles. The van der Waals surface area contributed by atoms with Gasteiger partial charge in [-0.2, -0.15) is 0 Å². The number of guanidine groups is 1. The first kappa shape index (κ1) is 22.0. The van der Waals surface area contributed by atoms with Gasteiger partial charge >= 0.3 is 0 Å². The minimum absolute atomic E-state index is 0. The van der Waals surface area contributed by atoms with Crippen molar-refractivity contribution in [2.75, 3.05) is 46.6 Å². The van der Waals surface area contributed by atoms with Crippen LogP contribution >= 0.6 is 24.0 Å². The molecule has 1 aliphatic heterocycles. The number of methoxy groups -OCH3 is 1. The van der Waals surface area contributed by atoms with Gasteiger partial charge < -0.3 is 25.3 Å². The first-order chi connectivity index (χ1) is 11.7. The summed E-state index contributed by atoms with van der Waals surface area (Å²) in [5.41, 5.74) is 7.20. The van der Waals surface area contributed by atoms with Crippen molar-refractivity contribution in [1.29, 1.82) is 0 Å². The maximum atomic E-state index is 5.96. The molecule has 0 atom stereocenters. The molecule has 0 radical (unpaired) electrons. The first-order valence-corrected chi connectivity index (χ1v) is 8.54. The van der Waals surface area contributed by atoms with Crippen LogP contribution in [0.3, 0.4) is 0 Å². The van der Waals surface area contributed by atoms with E-state index in [0.717, 1.165) is 31.8 Å². The summed E-state index contributed by atoms with van der Waals surface area (Å²) < 4.78 is 16.1. The SMILES string of the molecule is CCOc1ccc(C2(CN=C(N)NCCOC)CCOCC2)cc1.I. The Morgan fingerprint density at radius 1 is 1.28 bits per heavy atom. The van der Waals surface area contributed by atoms with E-state index in [9.17, 15) is 0 Å². The minimum Gasteiger partial charge on any atom is -0.494 e. The van der Waals surface area contributed by atoms with Crippen LogP contribution in [0.4, 0.5) is 0 Å². The zero-order valence-electron chi connectivity index (χ0n) is 15.1. The predicted molar refractivity (Wildman–Crippen MR) is 111 cm³/mol. The van der Waals surface area contributed by atoms with Crippen molar-refractivity contribution in [1.82, 2.24) is 5.32 Å². The summed E-state index contributed by atoms with van der Waals surface area (Å²) in [6, 6.07) is 8.33. The maximum absolute atomic E-state index is 5.96. The smallest absolute Gasteiger partial charge is 0.188 e. The Bertz CT molecular complexity index is 517. The van der Waals surface area contributed by atoms with Crippen LogP contribution in [-0.4, -0.2) is 52.6 Å². The van der Waals surface area contributed by atoms with Crippen LogP contribution in [0.15, 0.2) is 29.3 Å². The van der Waals surface area contributed by atoms with Gasteiger partial charge in [-0.25, -0.2) is 0 Å². The van der Waals surface area contributed by atoms with Crippen LogP contribution in [-0.2, 0) is 14.9 Å². The largest absolute Gasteiger partial charge is 0.494 e. The van der Waals surface area contributed by atoms with Crippen LogP contribution in [0.1, 0.15) is 25.3 Å². The Labute approximate surface area is 167 Å². The van der Waals surface area contributed by atoms with Crippen LogP contribution in [0.25, 0.3) is 0 Å². The van der Waals surface area contributed by atoms with E-state index in [2.05, 4.69) is 22.4 Å². The standard InChI is InChI=1S/C18H29N3O3.HI/c1-3-24-16-6-4-15(5-7-16)18(8-11-23-12-9-18)14-21-17(19)20-10-13-22-2;/h4-7H,3,8-14H2,1-2H3,(H3,19,20,21);1H. The van der Waals surface area contributed by atoms with Crippen LogP contribution < -0.4 is 15.8 Å². The fourth-order valence-corrected chi connectivity index (χ4v) is 2.95. The normalized spacial score (nSPS) is 16.8. The maximum Gasteiger partial charge on any atom is 0.188 e. The molecule has 0 aromatic heterocycles. The topological polar surface area (TPSA) is 78.1 Å². The molecular formula is C18H30IN3O3. The average molecular weight is 463 g/mol. The first-order valence-electron chi connectivity index (χ1n) is 8.54. The van der Waals surface area contributed by atoms with Gasteiger partial charge in [0.05, 0.1) is 19.8 Å². The third-order valence-corrected chi connectivity index (χ3v) is 4.39. The lowest BCUT2D eigenvalue weighted by atomic mass is 9.74. The molecule has 1 saturated heterocycles. The number of aliphatic imine (C=N–C) groups is 1. The van der Waals surface area contributed by atoms with Gasteiger partial charge in [-0.1, -0.05) is 12.1 Å². The van der Waals surface area contributed by atoms with Crippen molar-refractivity contribution in [2.45, 2.75) is 25.2 Å². The molecule has 1 aromatic rings. The molecule has 0 aliphatic carbocycles. The van der Waals surface area contributed by atoms with E-state index in [-0.39, 0.29) is 29.4 Å². The zero-order valence-corrected chi connectivity index (χ0v) is 17.5. The fourth-order valence-electron chi connectivity index (χ4n) is 2.95. The quantitative estimate of drug-likeness (QED) is 0.268. The Morgan fingerprint density at radius 3 is 2.56 bits per heavy atom. The van der Waals surface area contributed by atoms with Crippen LogP contribution in [0, 0.1) is 0 Å². The van der Waals surface area contributed by atoms with E-state index < -0.39 is 0 Å². The number of rotatable bonds is 8. The zero-order chi connectivity index (χ0) is 17.3. The molecule has 142 valence electrons. The summed E-state index contributed by atoms with van der Waals surface area (Å²) in [5.74, 6) is 1.36. The summed E-state index contributed by atoms with van der Waals surface area (Å²) in [6.07, 6.45) is 1.88. The highest BCUT2D eigenvalue weighted by Gasteiger charge is 2.34. The molecule has 1 aliphatic rings. The van der Waals surface area contributed by atoms with Gasteiger partial charge in [0.2, 0.25) is 0 Å². The lowest BCUT2D eigenvalue weighted by molar-refractivity contribution is 0.0531. The van der Waals surface area contributed by atoms with E-state index in [1.165, 1.54) is 5.56 Å². The molecule has 7 heteroatoms. The third-order valence-electron chi connectivity index (χ3n) is 4.39. The summed E-state index contributed by atoms with van der Waals surface area (Å²) in [6.45, 7) is 6.07. The fraction of sp³-hybridized carbons (Fsp3) is 0.611. The van der Waals surface area contributed by atoms with E-state index in [0.29, 0.717) is 32.3 Å². The molecule has 25 heavy (non-hydrogen) atoms. The molecule has 0 bridgehead atoms. The predicted octanol–water partition coefficient (Wildman–Crippen LogP) is 2.30. The number of nitrogens with one attached hydrogen (secondary N) is 1. The summed E-state index contributed by atoms with van der Waals surface area (Å²) >= 11 is 0. The molecule has 0 amide bonds. The Balaban J connectivity index is 0.00000312. The molecular weight excluding hydrogens is 433 g/mol. The molecule has 3 N–H and O–H groups in total. The van der Waals surface area contributed by atoms with Crippen molar-refractivity contribution in [3.8, 4) is 5.75 Å². The highest BCUT2D eigenvalue weighted by atomic mass is 127. The molecule has 2 rings (SSSR count). The van der Waals surface area contributed by atoms with E-state index in [4.69, 9.17) is 19.9 Å². The monoisotopic (exact) mass is 463 g/mol. The molecule has 1 aromatic carbocycles. The molecule has 6 nitrogen and oxygen atoms in total. The van der Waals surface area contributed by atoms with Crippen molar-refractivity contribution in [3.05, 3.63) is 29.8 Å². The second-order valence-corrected chi connectivity index (χ2v) is 5.97. The Morgan fingerprint density at radius 2 is 1.96 bits per heavy atom. The highest BCUT2D eigenvalue weighted by molar-refractivity contribution is 14.0. The second-order valence-electron chi connectivity index (χ2n) is 5.97. The van der Waals surface area contributed by atoms with Gasteiger partial charge in [0, 0.05) is 32.3 Å². The van der Waals surface area contributed by atoms with Crippen molar-refractivity contribution < 1.29 is 14.2 Å². The van der Waals surface area contributed by atoms with Gasteiger partial charge in [0.1, 0.15) is 5.75 Å². The highest BCUT2D eigenvalue weighted by Crippen LogP contribution is 2.36. The van der Waals surface area contributed by atoms with Crippen molar-refractivity contribution in [3.63, 3.8) is 0 Å². The average Bonchev–Trinajstić information content (AvgIpc) is 2.62. The van der Waals surface area contributed by atoms with Crippen molar-refractivity contribution >= 4 is 29.9 Å². The van der Waals surface area contributed by atoms with Gasteiger partial charge in [-0.05, 0) is 37.5 Å². The van der Waals surface area contributed by atoms with E-state index in [1.54, 1.807) is 7.11 Å². The molecule has 1 fully saturated rings. The number of hydrogen-bond acceptors (Lipinski definition) is 4. The summed E-state index contributed by atoms with van der Waals surface area (Å²) in [7, 11) is 1.66. The Hall–Kier alpha value is -1.06. The lowest BCUT2D eigenvalue weighted by Crippen LogP contribution is -2.39. The number of nitrogens with zero attached hydrogens (tertiary/aromatic N) is 1. The van der Waals surface area contributed by atoms with E-state index >= 15 is 0 Å². The van der Waals surface area contributed by atoms with Crippen LogP contribution in [0.2, 0.25) is 0 Å². The van der Waals surface area contributed by atoms with Crippen LogP contribution in [0.5, 0.6) is 5.75 Å². The summed E-state index contributed by atoms with van der Waals surface area (Å²) in [4.78, 5) is 4.57. The van der Waals surface area contributed by atoms with Gasteiger partial charge in [0.15, 0.2) is 5.96 Å². The van der Waals surface area contributed by atoms with E-state index in [1.807, 2.05) is 19.1 Å². The van der Waals surface area contributed by atoms with Crippen molar-refractivity contribution in [2.24, 2.45) is 10.7 Å². The summed E-state index contributed by atoms with van der Waals surface area (Å²) in [5, 5.41) is 3.07.